The quantitative estimate of drug-likeness (QED) is 0.694. The highest BCUT2D eigenvalue weighted by atomic mass is 19.1. The molecule has 5 heteroatoms. The van der Waals surface area contributed by atoms with Crippen molar-refractivity contribution in [2.24, 2.45) is 5.18 Å². The normalized spacial score (nSPS) is 10.7. The predicted molar refractivity (Wildman–Crippen MR) is 45.6 cm³/mol. The Morgan fingerprint density at radius 1 is 1.29 bits per heavy atom. The molecule has 2 rings (SSSR count). The van der Waals surface area contributed by atoms with Crippen molar-refractivity contribution >= 4 is 11.0 Å². The summed E-state index contributed by atoms with van der Waals surface area (Å²) in [5.41, 5.74) is -0.0509. The summed E-state index contributed by atoms with van der Waals surface area (Å²) in [6.07, 6.45) is 0. The Bertz CT molecular complexity index is 493. The first-order chi connectivity index (χ1) is 6.70. The van der Waals surface area contributed by atoms with E-state index in [1.807, 2.05) is 0 Å². The van der Waals surface area contributed by atoms with E-state index in [9.17, 15) is 13.7 Å². The minimum atomic E-state index is -0.780. The first-order valence-corrected chi connectivity index (χ1v) is 3.87. The van der Waals surface area contributed by atoms with E-state index in [1.165, 1.54) is 6.07 Å². The van der Waals surface area contributed by atoms with Crippen LogP contribution in [-0.4, -0.2) is 0 Å². The number of furan rings is 1. The molecule has 0 aliphatic rings. The van der Waals surface area contributed by atoms with Crippen molar-refractivity contribution < 1.29 is 13.2 Å². The van der Waals surface area contributed by atoms with E-state index in [4.69, 9.17) is 4.42 Å². The summed E-state index contributed by atoms with van der Waals surface area (Å²) in [6, 6.07) is 3.25. The van der Waals surface area contributed by atoms with Gasteiger partial charge in [0.1, 0.15) is 18.1 Å². The maximum absolute atomic E-state index is 13.1. The second-order valence-electron chi connectivity index (χ2n) is 2.81. The van der Waals surface area contributed by atoms with Crippen molar-refractivity contribution in [2.45, 2.75) is 6.54 Å². The van der Waals surface area contributed by atoms with Crippen molar-refractivity contribution in [3.8, 4) is 0 Å². The Morgan fingerprint density at radius 2 is 2.07 bits per heavy atom. The van der Waals surface area contributed by atoms with Crippen LogP contribution in [0.4, 0.5) is 8.78 Å². The molecule has 0 radical (unpaired) electrons. The Labute approximate surface area is 77.3 Å². The summed E-state index contributed by atoms with van der Waals surface area (Å²) in [6.45, 7) is -0.185. The molecule has 0 aliphatic heterocycles. The number of nitroso groups, excluding NO2 is 1. The third-order valence-corrected chi connectivity index (χ3v) is 1.81. The van der Waals surface area contributed by atoms with Crippen molar-refractivity contribution in [1.82, 2.24) is 0 Å². The van der Waals surface area contributed by atoms with Gasteiger partial charge in [-0.05, 0) is 12.1 Å². The zero-order valence-corrected chi connectivity index (χ0v) is 6.96. The maximum atomic E-state index is 13.1. The molecule has 72 valence electrons. The lowest BCUT2D eigenvalue weighted by Crippen LogP contribution is -1.78. The molecule has 1 aromatic heterocycles. The Balaban J connectivity index is 2.64. The number of hydrogen-bond donors (Lipinski definition) is 0. The number of fused-ring (bicyclic) bond motifs is 1. The van der Waals surface area contributed by atoms with Crippen LogP contribution in [0.25, 0.3) is 11.0 Å². The van der Waals surface area contributed by atoms with Gasteiger partial charge in [0.15, 0.2) is 11.4 Å². The van der Waals surface area contributed by atoms with Crippen LogP contribution >= 0.6 is 0 Å². The van der Waals surface area contributed by atoms with Gasteiger partial charge in [0, 0.05) is 11.5 Å². The zero-order chi connectivity index (χ0) is 10.1. The molecule has 0 fully saturated rings. The van der Waals surface area contributed by atoms with Crippen LogP contribution in [-0.2, 0) is 6.54 Å². The lowest BCUT2D eigenvalue weighted by molar-refractivity contribution is 0.516. The average Bonchev–Trinajstić information content (AvgIpc) is 2.48. The van der Waals surface area contributed by atoms with E-state index in [-0.39, 0.29) is 17.9 Å². The first-order valence-electron chi connectivity index (χ1n) is 3.87. The van der Waals surface area contributed by atoms with E-state index in [0.29, 0.717) is 5.39 Å². The summed E-state index contributed by atoms with van der Waals surface area (Å²) in [4.78, 5) is 9.93. The molecule has 0 atom stereocenters. The van der Waals surface area contributed by atoms with Crippen LogP contribution in [0.3, 0.4) is 0 Å². The summed E-state index contributed by atoms with van der Waals surface area (Å²) >= 11 is 0. The molecular weight excluding hydrogens is 192 g/mol. The SMILES string of the molecule is O=NCc1cc2cc(F)cc(F)c2o1. The molecule has 0 aliphatic carbocycles. The van der Waals surface area contributed by atoms with E-state index in [0.717, 1.165) is 12.1 Å². The highest BCUT2D eigenvalue weighted by Gasteiger charge is 2.10. The van der Waals surface area contributed by atoms with E-state index >= 15 is 0 Å². The molecule has 0 amide bonds. The van der Waals surface area contributed by atoms with Crippen LogP contribution in [0.5, 0.6) is 0 Å². The van der Waals surface area contributed by atoms with Crippen molar-refractivity contribution in [1.29, 1.82) is 0 Å². The van der Waals surface area contributed by atoms with Gasteiger partial charge in [0.05, 0.1) is 0 Å². The third-order valence-electron chi connectivity index (χ3n) is 1.81. The average molecular weight is 197 g/mol. The number of nitrogens with zero attached hydrogens (tertiary/aromatic N) is 1. The summed E-state index contributed by atoms with van der Waals surface area (Å²) < 4.78 is 30.7. The van der Waals surface area contributed by atoms with Gasteiger partial charge in [0.25, 0.3) is 0 Å². The summed E-state index contributed by atoms with van der Waals surface area (Å²) in [5.74, 6) is -1.24. The lowest BCUT2D eigenvalue weighted by Gasteiger charge is -1.90. The number of rotatable bonds is 2. The summed E-state index contributed by atoms with van der Waals surface area (Å²) in [7, 11) is 0. The van der Waals surface area contributed by atoms with Crippen LogP contribution < -0.4 is 0 Å². The minimum Gasteiger partial charge on any atom is -0.456 e. The number of benzene rings is 1. The van der Waals surface area contributed by atoms with Crippen LogP contribution in [0, 0.1) is 16.5 Å². The molecule has 1 heterocycles. The largest absolute Gasteiger partial charge is 0.456 e. The standard InChI is InChI=1S/C9H5F2NO2/c10-6-1-5-2-7(4-12-13)14-9(5)8(11)3-6/h1-3H,4H2. The van der Waals surface area contributed by atoms with Gasteiger partial charge in [-0.15, -0.1) is 0 Å². The highest BCUT2D eigenvalue weighted by molar-refractivity contribution is 5.78. The molecule has 0 saturated carbocycles. The molecule has 0 spiro atoms. The monoisotopic (exact) mass is 197 g/mol. The summed E-state index contributed by atoms with van der Waals surface area (Å²) in [5, 5.41) is 2.89. The minimum absolute atomic E-state index is 0.0509. The van der Waals surface area contributed by atoms with Gasteiger partial charge in [-0.1, -0.05) is 5.18 Å². The molecule has 0 N–H and O–H groups in total. The molecule has 0 saturated heterocycles. The number of hydrogen-bond acceptors (Lipinski definition) is 3. The smallest absolute Gasteiger partial charge is 0.170 e. The van der Waals surface area contributed by atoms with E-state index in [2.05, 4.69) is 5.18 Å². The molecule has 2 aromatic rings. The van der Waals surface area contributed by atoms with Gasteiger partial charge < -0.3 is 4.42 Å². The zero-order valence-electron chi connectivity index (χ0n) is 6.96. The molecule has 1 aromatic carbocycles. The molecular formula is C9H5F2NO2. The van der Waals surface area contributed by atoms with Gasteiger partial charge in [0.2, 0.25) is 0 Å². The molecule has 3 nitrogen and oxygen atoms in total. The number of halogens is 2. The first kappa shape index (κ1) is 8.80. The van der Waals surface area contributed by atoms with Gasteiger partial charge in [-0.3, -0.25) is 0 Å². The Kier molecular flexibility index (Phi) is 1.99. The van der Waals surface area contributed by atoms with Gasteiger partial charge in [-0.2, -0.15) is 4.91 Å². The Hall–Kier alpha value is -1.78. The molecule has 0 unspecified atom stereocenters. The predicted octanol–water partition coefficient (Wildman–Crippen LogP) is 2.98. The Morgan fingerprint density at radius 3 is 2.79 bits per heavy atom. The van der Waals surface area contributed by atoms with Crippen molar-refractivity contribution in [2.75, 3.05) is 0 Å². The second-order valence-corrected chi connectivity index (χ2v) is 2.81. The fourth-order valence-electron chi connectivity index (χ4n) is 1.27. The topological polar surface area (TPSA) is 42.6 Å². The third kappa shape index (κ3) is 1.37. The fourth-order valence-corrected chi connectivity index (χ4v) is 1.27. The van der Waals surface area contributed by atoms with E-state index in [1.54, 1.807) is 0 Å². The van der Waals surface area contributed by atoms with Gasteiger partial charge in [-0.25, -0.2) is 8.78 Å². The lowest BCUT2D eigenvalue weighted by atomic mass is 10.2. The van der Waals surface area contributed by atoms with Gasteiger partial charge >= 0.3 is 0 Å². The van der Waals surface area contributed by atoms with Crippen LogP contribution in [0.2, 0.25) is 0 Å². The van der Waals surface area contributed by atoms with E-state index < -0.39 is 11.6 Å². The highest BCUT2D eigenvalue weighted by Crippen LogP contribution is 2.23. The van der Waals surface area contributed by atoms with Crippen LogP contribution in [0.1, 0.15) is 5.76 Å². The fraction of sp³-hybridized carbons (Fsp3) is 0.111. The molecule has 14 heavy (non-hydrogen) atoms. The van der Waals surface area contributed by atoms with Crippen molar-refractivity contribution in [3.05, 3.63) is 40.5 Å². The maximum Gasteiger partial charge on any atom is 0.170 e. The second kappa shape index (κ2) is 3.17. The molecule has 0 bridgehead atoms. The van der Waals surface area contributed by atoms with Crippen LogP contribution in [0.15, 0.2) is 27.8 Å². The van der Waals surface area contributed by atoms with Crippen molar-refractivity contribution in [3.63, 3.8) is 0 Å².